The SMILES string of the molecule is COC(CNC(=O)O)OC. The van der Waals surface area contributed by atoms with Crippen molar-refractivity contribution in [2.75, 3.05) is 20.8 Å². The van der Waals surface area contributed by atoms with Crippen LogP contribution in [0.2, 0.25) is 0 Å². The van der Waals surface area contributed by atoms with Crippen molar-refractivity contribution in [3.8, 4) is 0 Å². The van der Waals surface area contributed by atoms with Crippen LogP contribution in [0.1, 0.15) is 0 Å². The smallest absolute Gasteiger partial charge is 0.404 e. The topological polar surface area (TPSA) is 67.8 Å². The first-order chi connectivity index (χ1) is 4.70. The molecule has 0 spiro atoms. The number of amides is 1. The first-order valence-corrected chi connectivity index (χ1v) is 2.73. The second-order valence-corrected chi connectivity index (χ2v) is 1.59. The minimum Gasteiger partial charge on any atom is -0.465 e. The van der Waals surface area contributed by atoms with Gasteiger partial charge in [0.2, 0.25) is 0 Å². The minimum absolute atomic E-state index is 0.141. The van der Waals surface area contributed by atoms with E-state index in [1.165, 1.54) is 14.2 Å². The molecule has 0 aromatic carbocycles. The van der Waals surface area contributed by atoms with Gasteiger partial charge in [0, 0.05) is 14.2 Å². The second-order valence-electron chi connectivity index (χ2n) is 1.59. The third kappa shape index (κ3) is 4.11. The fraction of sp³-hybridized carbons (Fsp3) is 0.800. The molecule has 5 heteroatoms. The van der Waals surface area contributed by atoms with E-state index in [-0.39, 0.29) is 6.54 Å². The summed E-state index contributed by atoms with van der Waals surface area (Å²) in [6, 6.07) is 0. The van der Waals surface area contributed by atoms with Crippen molar-refractivity contribution in [2.24, 2.45) is 0 Å². The predicted octanol–water partition coefficient (Wildman–Crippen LogP) is -0.127. The van der Waals surface area contributed by atoms with Gasteiger partial charge in [0.05, 0.1) is 6.54 Å². The fourth-order valence-corrected chi connectivity index (χ4v) is 0.434. The Morgan fingerprint density at radius 3 is 2.40 bits per heavy atom. The van der Waals surface area contributed by atoms with Gasteiger partial charge in [0.15, 0.2) is 6.29 Å². The summed E-state index contributed by atoms with van der Waals surface area (Å²) in [5.41, 5.74) is 0. The highest BCUT2D eigenvalue weighted by Crippen LogP contribution is 1.86. The normalized spacial score (nSPS) is 9.90. The number of ether oxygens (including phenoxy) is 2. The molecule has 0 aliphatic heterocycles. The zero-order valence-corrected chi connectivity index (χ0v) is 5.96. The van der Waals surface area contributed by atoms with Gasteiger partial charge in [-0.1, -0.05) is 0 Å². The van der Waals surface area contributed by atoms with Crippen LogP contribution >= 0.6 is 0 Å². The Morgan fingerprint density at radius 1 is 1.60 bits per heavy atom. The molecule has 0 aliphatic carbocycles. The van der Waals surface area contributed by atoms with Gasteiger partial charge in [-0.2, -0.15) is 0 Å². The van der Waals surface area contributed by atoms with Crippen LogP contribution in [0.4, 0.5) is 4.79 Å². The number of carbonyl (C=O) groups is 1. The highest BCUT2D eigenvalue weighted by molar-refractivity contribution is 5.64. The van der Waals surface area contributed by atoms with Crippen LogP contribution in [0.25, 0.3) is 0 Å². The summed E-state index contributed by atoms with van der Waals surface area (Å²) in [6.45, 7) is 0.141. The molecule has 10 heavy (non-hydrogen) atoms. The number of hydrogen-bond donors (Lipinski definition) is 2. The summed E-state index contributed by atoms with van der Waals surface area (Å²) in [7, 11) is 2.88. The summed E-state index contributed by atoms with van der Waals surface area (Å²) < 4.78 is 9.40. The monoisotopic (exact) mass is 149 g/mol. The molecule has 0 aromatic rings. The van der Waals surface area contributed by atoms with E-state index in [2.05, 4.69) is 5.32 Å². The molecular formula is C5H11NO4. The first-order valence-electron chi connectivity index (χ1n) is 2.73. The maximum Gasteiger partial charge on any atom is 0.404 e. The molecule has 0 rings (SSSR count). The molecule has 60 valence electrons. The van der Waals surface area contributed by atoms with Crippen molar-refractivity contribution in [1.82, 2.24) is 5.32 Å². The van der Waals surface area contributed by atoms with E-state index in [1.54, 1.807) is 0 Å². The van der Waals surface area contributed by atoms with Crippen LogP contribution in [-0.4, -0.2) is 38.3 Å². The van der Waals surface area contributed by atoms with E-state index in [1.807, 2.05) is 0 Å². The maximum atomic E-state index is 9.91. The molecule has 0 aromatic heterocycles. The molecular weight excluding hydrogens is 138 g/mol. The molecule has 1 amide bonds. The predicted molar refractivity (Wildman–Crippen MR) is 33.8 cm³/mol. The average molecular weight is 149 g/mol. The molecule has 2 N–H and O–H groups in total. The zero-order chi connectivity index (χ0) is 7.98. The van der Waals surface area contributed by atoms with Gasteiger partial charge < -0.3 is 19.9 Å². The summed E-state index contributed by atoms with van der Waals surface area (Å²) >= 11 is 0. The average Bonchev–Trinajstić information content (AvgIpc) is 1.90. The van der Waals surface area contributed by atoms with Crippen molar-refractivity contribution in [3.05, 3.63) is 0 Å². The van der Waals surface area contributed by atoms with Gasteiger partial charge in [0.1, 0.15) is 0 Å². The zero-order valence-electron chi connectivity index (χ0n) is 5.96. The Hall–Kier alpha value is -0.810. The van der Waals surface area contributed by atoms with E-state index < -0.39 is 12.4 Å². The quantitative estimate of drug-likeness (QED) is 0.546. The number of carboxylic acid groups (broad SMARTS) is 1. The Bertz CT molecular complexity index is 102. The Labute approximate surface area is 58.9 Å². The van der Waals surface area contributed by atoms with Gasteiger partial charge in [-0.25, -0.2) is 4.79 Å². The number of hydrogen-bond acceptors (Lipinski definition) is 3. The molecule has 0 saturated heterocycles. The molecule has 0 saturated carbocycles. The van der Waals surface area contributed by atoms with Crippen molar-refractivity contribution >= 4 is 6.09 Å². The van der Waals surface area contributed by atoms with E-state index in [4.69, 9.17) is 14.6 Å². The van der Waals surface area contributed by atoms with Crippen molar-refractivity contribution in [2.45, 2.75) is 6.29 Å². The Morgan fingerprint density at radius 2 is 2.10 bits per heavy atom. The van der Waals surface area contributed by atoms with E-state index >= 15 is 0 Å². The molecule has 5 nitrogen and oxygen atoms in total. The van der Waals surface area contributed by atoms with E-state index in [0.717, 1.165) is 0 Å². The lowest BCUT2D eigenvalue weighted by Gasteiger charge is -2.11. The van der Waals surface area contributed by atoms with Crippen LogP contribution in [-0.2, 0) is 9.47 Å². The molecule has 0 heterocycles. The van der Waals surface area contributed by atoms with Gasteiger partial charge in [-0.15, -0.1) is 0 Å². The highest BCUT2D eigenvalue weighted by Gasteiger charge is 2.04. The number of rotatable bonds is 4. The largest absolute Gasteiger partial charge is 0.465 e. The summed E-state index contributed by atoms with van der Waals surface area (Å²) in [6.07, 6.45) is -1.59. The maximum absolute atomic E-state index is 9.91. The summed E-state index contributed by atoms with van der Waals surface area (Å²) in [5.74, 6) is 0. The number of nitrogens with one attached hydrogen (secondary N) is 1. The lowest BCUT2D eigenvalue weighted by Crippen LogP contribution is -2.32. The summed E-state index contributed by atoms with van der Waals surface area (Å²) in [4.78, 5) is 9.91. The molecule has 0 atom stereocenters. The molecule has 0 bridgehead atoms. The van der Waals surface area contributed by atoms with Gasteiger partial charge in [0.25, 0.3) is 0 Å². The van der Waals surface area contributed by atoms with Crippen molar-refractivity contribution < 1.29 is 19.4 Å². The Kier molecular flexibility index (Phi) is 4.61. The van der Waals surface area contributed by atoms with Gasteiger partial charge >= 0.3 is 6.09 Å². The van der Waals surface area contributed by atoms with Crippen molar-refractivity contribution in [1.29, 1.82) is 0 Å². The van der Waals surface area contributed by atoms with E-state index in [0.29, 0.717) is 0 Å². The van der Waals surface area contributed by atoms with Gasteiger partial charge in [-0.3, -0.25) is 0 Å². The molecule has 0 radical (unpaired) electrons. The minimum atomic E-state index is -1.08. The first kappa shape index (κ1) is 9.19. The van der Waals surface area contributed by atoms with Crippen LogP contribution in [0, 0.1) is 0 Å². The lowest BCUT2D eigenvalue weighted by atomic mass is 10.6. The van der Waals surface area contributed by atoms with Crippen LogP contribution in [0.15, 0.2) is 0 Å². The molecule has 0 aliphatic rings. The highest BCUT2D eigenvalue weighted by atomic mass is 16.7. The third-order valence-corrected chi connectivity index (χ3v) is 0.946. The standard InChI is InChI=1S/C5H11NO4/c1-9-4(10-2)3-6-5(7)8/h4,6H,3H2,1-2H3,(H,7,8). The third-order valence-electron chi connectivity index (χ3n) is 0.946. The fourth-order valence-electron chi connectivity index (χ4n) is 0.434. The van der Waals surface area contributed by atoms with Gasteiger partial charge in [-0.05, 0) is 0 Å². The lowest BCUT2D eigenvalue weighted by molar-refractivity contribution is -0.0977. The van der Waals surface area contributed by atoms with E-state index in [9.17, 15) is 4.79 Å². The van der Waals surface area contributed by atoms with Crippen LogP contribution < -0.4 is 5.32 Å². The second kappa shape index (κ2) is 5.01. The number of methoxy groups -OCH3 is 2. The van der Waals surface area contributed by atoms with Crippen molar-refractivity contribution in [3.63, 3.8) is 0 Å². The molecule has 0 fully saturated rings. The Balaban J connectivity index is 3.34. The molecule has 0 unspecified atom stereocenters. The van der Waals surface area contributed by atoms with Crippen LogP contribution in [0.3, 0.4) is 0 Å². The summed E-state index contributed by atoms with van der Waals surface area (Å²) in [5, 5.41) is 10.2. The van der Waals surface area contributed by atoms with Crippen LogP contribution in [0.5, 0.6) is 0 Å².